The number of carbonyl (C=O) groups excluding carboxylic acids is 2. The molecule has 0 aliphatic rings. The van der Waals surface area contributed by atoms with Gasteiger partial charge in [-0.15, -0.1) is 0 Å². The average molecular weight is 396 g/mol. The Bertz CT molecular complexity index is 781. The van der Waals surface area contributed by atoms with Gasteiger partial charge in [0.2, 0.25) is 5.91 Å². The van der Waals surface area contributed by atoms with Crippen LogP contribution in [0.2, 0.25) is 10.0 Å². The van der Waals surface area contributed by atoms with Crippen molar-refractivity contribution in [1.29, 1.82) is 0 Å². The number of amides is 1. The van der Waals surface area contributed by atoms with Gasteiger partial charge in [-0.1, -0.05) is 37.0 Å². The van der Waals surface area contributed by atoms with E-state index in [1.165, 1.54) is 7.11 Å². The first-order chi connectivity index (χ1) is 12.3. The summed E-state index contributed by atoms with van der Waals surface area (Å²) < 4.78 is 10.4. The summed E-state index contributed by atoms with van der Waals surface area (Å²) in [6, 6.07) is 10.1. The lowest BCUT2D eigenvalue weighted by molar-refractivity contribution is -0.139. The van der Waals surface area contributed by atoms with Crippen LogP contribution in [-0.4, -0.2) is 19.0 Å². The highest BCUT2D eigenvalue weighted by atomic mass is 35.5. The van der Waals surface area contributed by atoms with E-state index in [9.17, 15) is 9.59 Å². The number of nitrogens with one attached hydrogen (secondary N) is 1. The lowest BCUT2D eigenvalue weighted by Crippen LogP contribution is -2.17. The average Bonchev–Trinajstić information content (AvgIpc) is 2.59. The Kier molecular flexibility index (Phi) is 6.89. The van der Waals surface area contributed by atoms with E-state index in [2.05, 4.69) is 10.1 Å². The number of halogens is 2. The lowest BCUT2D eigenvalue weighted by Gasteiger charge is -2.12. The summed E-state index contributed by atoms with van der Waals surface area (Å²) in [4.78, 5) is 23.1. The minimum Gasteiger partial charge on any atom is -0.469 e. The minimum atomic E-state index is -0.384. The highest BCUT2D eigenvalue weighted by Gasteiger charge is 2.13. The van der Waals surface area contributed by atoms with Crippen molar-refractivity contribution >= 4 is 40.8 Å². The molecule has 1 amide bonds. The highest BCUT2D eigenvalue weighted by molar-refractivity contribution is 6.37. The van der Waals surface area contributed by atoms with E-state index in [1.54, 1.807) is 36.4 Å². The minimum absolute atomic E-state index is 0.0639. The summed E-state index contributed by atoms with van der Waals surface area (Å²) in [5.41, 5.74) is 1.30. The molecule has 0 radical (unpaired) electrons. The van der Waals surface area contributed by atoms with E-state index in [-0.39, 0.29) is 34.3 Å². The van der Waals surface area contributed by atoms with Crippen LogP contribution >= 0.6 is 23.2 Å². The van der Waals surface area contributed by atoms with E-state index >= 15 is 0 Å². The number of ether oxygens (including phenoxy) is 2. The predicted octanol–water partition coefficient (Wildman–Crippen LogP) is 5.10. The molecule has 0 spiro atoms. The maximum atomic E-state index is 11.7. The van der Waals surface area contributed by atoms with Gasteiger partial charge in [-0.3, -0.25) is 9.59 Å². The van der Waals surface area contributed by atoms with Crippen LogP contribution in [0.4, 0.5) is 5.69 Å². The molecular weight excluding hydrogens is 377 g/mol. The van der Waals surface area contributed by atoms with Crippen LogP contribution in [0.3, 0.4) is 0 Å². The number of benzene rings is 2. The number of rotatable bonds is 6. The largest absolute Gasteiger partial charge is 0.469 e. The Morgan fingerprint density at radius 3 is 2.15 bits per heavy atom. The van der Waals surface area contributed by atoms with Gasteiger partial charge in [-0.2, -0.15) is 0 Å². The molecule has 0 saturated heterocycles. The maximum Gasteiger partial charge on any atom is 0.309 e. The highest BCUT2D eigenvalue weighted by Crippen LogP contribution is 2.37. The molecule has 7 heteroatoms. The molecule has 26 heavy (non-hydrogen) atoms. The van der Waals surface area contributed by atoms with E-state index in [0.29, 0.717) is 22.7 Å². The second-order valence-electron chi connectivity index (χ2n) is 5.91. The third kappa shape index (κ3) is 5.38. The Balaban J connectivity index is 2.13. The number of esters is 1. The molecule has 1 N–H and O–H groups in total. The summed E-state index contributed by atoms with van der Waals surface area (Å²) >= 11 is 12.5. The van der Waals surface area contributed by atoms with Gasteiger partial charge >= 0.3 is 5.97 Å². The molecule has 2 aromatic carbocycles. The normalized spacial score (nSPS) is 10.5. The molecule has 0 bridgehead atoms. The van der Waals surface area contributed by atoms with Crippen molar-refractivity contribution in [3.05, 3.63) is 52.0 Å². The van der Waals surface area contributed by atoms with Gasteiger partial charge in [0, 0.05) is 11.6 Å². The fourth-order valence-electron chi connectivity index (χ4n) is 2.06. The number of hydrogen-bond donors (Lipinski definition) is 1. The van der Waals surface area contributed by atoms with Crippen LogP contribution in [0.25, 0.3) is 0 Å². The summed E-state index contributed by atoms with van der Waals surface area (Å²) in [7, 11) is 1.32. The number of carbonyl (C=O) groups is 2. The fraction of sp³-hybridized carbons (Fsp3) is 0.263. The van der Waals surface area contributed by atoms with E-state index in [0.717, 1.165) is 0 Å². The summed E-state index contributed by atoms with van der Waals surface area (Å²) in [6.45, 7) is 3.64. The fourth-order valence-corrected chi connectivity index (χ4v) is 2.67. The molecule has 0 saturated carbocycles. The van der Waals surface area contributed by atoms with Gasteiger partial charge in [-0.25, -0.2) is 0 Å². The van der Waals surface area contributed by atoms with Gasteiger partial charge in [0.15, 0.2) is 5.75 Å². The number of methoxy groups -OCH3 is 1. The first-order valence-corrected chi connectivity index (χ1v) is 8.69. The van der Waals surface area contributed by atoms with Crippen molar-refractivity contribution in [3.8, 4) is 11.5 Å². The Labute approximate surface area is 162 Å². The van der Waals surface area contributed by atoms with Gasteiger partial charge < -0.3 is 14.8 Å². The summed E-state index contributed by atoms with van der Waals surface area (Å²) in [5, 5.41) is 3.37. The maximum absolute atomic E-state index is 11.7. The zero-order valence-corrected chi connectivity index (χ0v) is 16.1. The zero-order chi connectivity index (χ0) is 19.3. The van der Waals surface area contributed by atoms with Crippen LogP contribution < -0.4 is 10.1 Å². The number of hydrogen-bond acceptors (Lipinski definition) is 4. The third-order valence-corrected chi connectivity index (χ3v) is 4.06. The zero-order valence-electron chi connectivity index (χ0n) is 14.6. The second kappa shape index (κ2) is 8.92. The quantitative estimate of drug-likeness (QED) is 0.691. The Morgan fingerprint density at radius 2 is 1.65 bits per heavy atom. The predicted molar refractivity (Wildman–Crippen MR) is 102 cm³/mol. The molecule has 5 nitrogen and oxygen atoms in total. The molecule has 0 atom stereocenters. The molecule has 2 aromatic rings. The Hall–Kier alpha value is -2.24. The molecule has 0 aliphatic heterocycles. The van der Waals surface area contributed by atoms with Crippen molar-refractivity contribution in [1.82, 2.24) is 0 Å². The van der Waals surface area contributed by atoms with Crippen molar-refractivity contribution in [2.24, 2.45) is 5.92 Å². The van der Waals surface area contributed by atoms with Crippen LogP contribution in [-0.2, 0) is 20.7 Å². The second-order valence-corrected chi connectivity index (χ2v) is 6.73. The van der Waals surface area contributed by atoms with E-state index in [4.69, 9.17) is 27.9 Å². The molecule has 0 unspecified atom stereocenters. The summed E-state index contributed by atoms with van der Waals surface area (Å²) in [5.74, 6) is 0.251. The van der Waals surface area contributed by atoms with Gasteiger partial charge in [0.1, 0.15) is 5.75 Å². The molecular formula is C19H19Cl2NO4. The van der Waals surface area contributed by atoms with Gasteiger partial charge in [0.05, 0.1) is 23.6 Å². The molecule has 0 heterocycles. The van der Waals surface area contributed by atoms with E-state index in [1.807, 2.05) is 13.8 Å². The SMILES string of the molecule is COC(=O)Cc1cc(Cl)c(Oc2ccc(NC(=O)C(C)C)cc2)c(Cl)c1. The Morgan fingerprint density at radius 1 is 1.08 bits per heavy atom. The molecule has 0 aromatic heterocycles. The first-order valence-electron chi connectivity index (χ1n) is 7.93. The van der Waals surface area contributed by atoms with Crippen LogP contribution in [0.1, 0.15) is 19.4 Å². The summed E-state index contributed by atoms with van der Waals surface area (Å²) in [6.07, 6.45) is 0.0699. The van der Waals surface area contributed by atoms with Crippen molar-refractivity contribution < 1.29 is 19.1 Å². The standard InChI is InChI=1S/C19H19Cl2NO4/c1-11(2)19(24)22-13-4-6-14(7-5-13)26-18-15(20)8-12(9-16(18)21)10-17(23)25-3/h4-9,11H,10H2,1-3H3,(H,22,24). The smallest absolute Gasteiger partial charge is 0.309 e. The third-order valence-electron chi connectivity index (χ3n) is 3.50. The molecule has 0 fully saturated rings. The monoisotopic (exact) mass is 395 g/mol. The topological polar surface area (TPSA) is 64.6 Å². The van der Waals surface area contributed by atoms with Crippen LogP contribution in [0.5, 0.6) is 11.5 Å². The van der Waals surface area contributed by atoms with Crippen molar-refractivity contribution in [3.63, 3.8) is 0 Å². The molecule has 138 valence electrons. The van der Waals surface area contributed by atoms with Crippen LogP contribution in [0.15, 0.2) is 36.4 Å². The molecule has 2 rings (SSSR count). The van der Waals surface area contributed by atoms with Crippen molar-refractivity contribution in [2.45, 2.75) is 20.3 Å². The van der Waals surface area contributed by atoms with Crippen molar-refractivity contribution in [2.75, 3.05) is 12.4 Å². The van der Waals surface area contributed by atoms with Gasteiger partial charge in [-0.05, 0) is 42.0 Å². The molecule has 0 aliphatic carbocycles. The van der Waals surface area contributed by atoms with Gasteiger partial charge in [0.25, 0.3) is 0 Å². The first kappa shape index (κ1) is 20.1. The van der Waals surface area contributed by atoms with Crippen LogP contribution in [0, 0.1) is 5.92 Å². The van der Waals surface area contributed by atoms with E-state index < -0.39 is 0 Å². The lowest BCUT2D eigenvalue weighted by atomic mass is 10.1. The number of anilines is 1.